The summed E-state index contributed by atoms with van der Waals surface area (Å²) >= 11 is 0. The fourth-order valence-corrected chi connectivity index (χ4v) is 3.82. The molecule has 6 nitrogen and oxygen atoms in total. The van der Waals surface area contributed by atoms with Gasteiger partial charge in [0, 0.05) is 61.1 Å². The predicted octanol–water partition coefficient (Wildman–Crippen LogP) is 1.93. The minimum Gasteiger partial charge on any atom is -0.381 e. The lowest BCUT2D eigenvalue weighted by atomic mass is 10.1. The number of nitrogens with zero attached hydrogens (tertiary/aromatic N) is 1. The maximum Gasteiger partial charge on any atom is 0.191 e. The fourth-order valence-electron chi connectivity index (χ4n) is 2.78. The van der Waals surface area contributed by atoms with Gasteiger partial charge in [0.2, 0.25) is 0 Å². The smallest absolute Gasteiger partial charge is 0.191 e. The number of rotatable bonds is 12. The molecule has 2 atom stereocenters. The minimum absolute atomic E-state index is 0.559. The average Bonchev–Trinajstić information content (AvgIpc) is 3.18. The van der Waals surface area contributed by atoms with Crippen molar-refractivity contribution in [2.75, 3.05) is 51.8 Å². The molecule has 1 aromatic rings. The zero-order valence-electron chi connectivity index (χ0n) is 16.3. The van der Waals surface area contributed by atoms with Crippen LogP contribution in [0.25, 0.3) is 0 Å². The van der Waals surface area contributed by atoms with Gasteiger partial charge in [-0.2, -0.15) is 0 Å². The van der Waals surface area contributed by atoms with Gasteiger partial charge in [0.05, 0.1) is 13.2 Å². The Hall–Kier alpha value is -1.44. The minimum atomic E-state index is -0.878. The van der Waals surface area contributed by atoms with Gasteiger partial charge in [-0.1, -0.05) is 30.3 Å². The van der Waals surface area contributed by atoms with Crippen molar-refractivity contribution in [3.05, 3.63) is 35.9 Å². The van der Waals surface area contributed by atoms with E-state index >= 15 is 0 Å². The van der Waals surface area contributed by atoms with Crippen molar-refractivity contribution in [3.63, 3.8) is 0 Å². The average molecular weight is 396 g/mol. The summed E-state index contributed by atoms with van der Waals surface area (Å²) in [6.45, 7) is 7.40. The van der Waals surface area contributed by atoms with Crippen LogP contribution in [-0.4, -0.2) is 62.0 Å². The van der Waals surface area contributed by atoms with Gasteiger partial charge >= 0.3 is 0 Å². The Morgan fingerprint density at radius 2 is 2.19 bits per heavy atom. The van der Waals surface area contributed by atoms with E-state index in [9.17, 15) is 4.21 Å². The molecule has 1 aromatic carbocycles. The molecule has 27 heavy (non-hydrogen) atoms. The van der Waals surface area contributed by atoms with Crippen LogP contribution in [0.4, 0.5) is 0 Å². The van der Waals surface area contributed by atoms with E-state index in [2.05, 4.69) is 15.6 Å². The van der Waals surface area contributed by atoms with Crippen LogP contribution in [0.5, 0.6) is 0 Å². The molecule has 0 aromatic heterocycles. The second-order valence-electron chi connectivity index (χ2n) is 6.62. The molecule has 1 fully saturated rings. The number of ether oxygens (including phenoxy) is 2. The molecule has 152 valence electrons. The largest absolute Gasteiger partial charge is 0.381 e. The van der Waals surface area contributed by atoms with E-state index in [1.807, 2.05) is 37.3 Å². The van der Waals surface area contributed by atoms with Crippen molar-refractivity contribution in [2.45, 2.75) is 25.5 Å². The van der Waals surface area contributed by atoms with Crippen LogP contribution >= 0.6 is 0 Å². The van der Waals surface area contributed by atoms with Crippen molar-refractivity contribution in [1.82, 2.24) is 10.6 Å². The quantitative estimate of drug-likeness (QED) is 0.321. The fraction of sp³-hybridized carbons (Fsp3) is 0.650. The number of hydrogen-bond acceptors (Lipinski definition) is 4. The Morgan fingerprint density at radius 1 is 1.33 bits per heavy atom. The topological polar surface area (TPSA) is 72.0 Å². The molecular formula is C20H33N3O3S. The van der Waals surface area contributed by atoms with Crippen LogP contribution in [0.1, 0.15) is 25.3 Å². The molecule has 2 rings (SSSR count). The number of aliphatic imine (C=N–C) groups is 1. The highest BCUT2D eigenvalue weighted by Gasteiger charge is 2.15. The first-order chi connectivity index (χ1) is 13.3. The van der Waals surface area contributed by atoms with Crippen molar-refractivity contribution in [1.29, 1.82) is 0 Å². The molecule has 0 saturated carbocycles. The van der Waals surface area contributed by atoms with Crippen molar-refractivity contribution in [3.8, 4) is 0 Å². The molecule has 0 radical (unpaired) electrons. The first-order valence-corrected chi connectivity index (χ1v) is 11.3. The van der Waals surface area contributed by atoms with Gasteiger partial charge in [0.25, 0.3) is 0 Å². The SMILES string of the molecule is CCNC(=NCCCOCC1CCOC1)NCCS(=O)Cc1ccccc1. The van der Waals surface area contributed by atoms with Crippen molar-refractivity contribution < 1.29 is 13.7 Å². The molecule has 1 saturated heterocycles. The van der Waals surface area contributed by atoms with Gasteiger partial charge in [0.1, 0.15) is 0 Å². The third kappa shape index (κ3) is 9.89. The molecule has 0 bridgehead atoms. The van der Waals surface area contributed by atoms with Gasteiger partial charge in [-0.15, -0.1) is 0 Å². The van der Waals surface area contributed by atoms with Crippen LogP contribution in [0.2, 0.25) is 0 Å². The van der Waals surface area contributed by atoms with E-state index in [4.69, 9.17) is 9.47 Å². The van der Waals surface area contributed by atoms with E-state index in [1.165, 1.54) is 0 Å². The molecule has 1 aliphatic heterocycles. The molecule has 0 amide bonds. The second kappa shape index (κ2) is 13.7. The maximum absolute atomic E-state index is 12.2. The Morgan fingerprint density at radius 3 is 2.93 bits per heavy atom. The predicted molar refractivity (Wildman–Crippen MR) is 111 cm³/mol. The maximum atomic E-state index is 12.2. The highest BCUT2D eigenvalue weighted by molar-refractivity contribution is 7.84. The summed E-state index contributed by atoms with van der Waals surface area (Å²) in [7, 11) is -0.878. The van der Waals surface area contributed by atoms with Crippen LogP contribution in [0.15, 0.2) is 35.3 Å². The Bertz CT molecular complexity index is 563. The number of guanidine groups is 1. The van der Waals surface area contributed by atoms with E-state index in [1.54, 1.807) is 0 Å². The van der Waals surface area contributed by atoms with Crippen LogP contribution in [0.3, 0.4) is 0 Å². The zero-order chi connectivity index (χ0) is 19.2. The highest BCUT2D eigenvalue weighted by atomic mass is 32.2. The molecule has 7 heteroatoms. The van der Waals surface area contributed by atoms with Gasteiger partial charge < -0.3 is 20.1 Å². The highest BCUT2D eigenvalue weighted by Crippen LogP contribution is 2.12. The Labute approximate surface area is 165 Å². The third-order valence-electron chi connectivity index (χ3n) is 4.23. The summed E-state index contributed by atoms with van der Waals surface area (Å²) in [6.07, 6.45) is 2.00. The summed E-state index contributed by atoms with van der Waals surface area (Å²) in [5.41, 5.74) is 1.11. The van der Waals surface area contributed by atoms with E-state index in [0.717, 1.165) is 57.3 Å². The van der Waals surface area contributed by atoms with Crippen LogP contribution in [0, 0.1) is 5.92 Å². The first kappa shape index (κ1) is 21.9. The van der Waals surface area contributed by atoms with Gasteiger partial charge in [0.15, 0.2) is 5.96 Å². The summed E-state index contributed by atoms with van der Waals surface area (Å²) in [4.78, 5) is 4.55. The molecule has 2 unspecified atom stereocenters. The van der Waals surface area contributed by atoms with Gasteiger partial charge in [-0.05, 0) is 25.3 Å². The summed E-state index contributed by atoms with van der Waals surface area (Å²) in [6, 6.07) is 9.95. The number of benzene rings is 1. The molecule has 0 aliphatic carbocycles. The Kier molecular flexibility index (Phi) is 11.1. The molecule has 0 spiro atoms. The summed E-state index contributed by atoms with van der Waals surface area (Å²) in [5.74, 6) is 2.54. The van der Waals surface area contributed by atoms with Crippen LogP contribution < -0.4 is 10.6 Å². The normalized spacial score (nSPS) is 18.4. The molecule has 1 heterocycles. The first-order valence-electron chi connectivity index (χ1n) is 9.84. The zero-order valence-corrected chi connectivity index (χ0v) is 17.1. The van der Waals surface area contributed by atoms with Gasteiger partial charge in [-0.25, -0.2) is 0 Å². The van der Waals surface area contributed by atoms with Crippen molar-refractivity contribution >= 4 is 16.8 Å². The molecule has 2 N–H and O–H groups in total. The number of nitrogens with one attached hydrogen (secondary N) is 2. The monoisotopic (exact) mass is 395 g/mol. The van der Waals surface area contributed by atoms with Crippen molar-refractivity contribution in [2.24, 2.45) is 10.9 Å². The Balaban J connectivity index is 1.57. The lowest BCUT2D eigenvalue weighted by molar-refractivity contribution is 0.0893. The lowest BCUT2D eigenvalue weighted by Crippen LogP contribution is -2.39. The van der Waals surface area contributed by atoms with E-state index in [0.29, 0.717) is 30.5 Å². The second-order valence-corrected chi connectivity index (χ2v) is 8.20. The molecular weight excluding hydrogens is 362 g/mol. The lowest BCUT2D eigenvalue weighted by Gasteiger charge is -2.11. The molecule has 1 aliphatic rings. The summed E-state index contributed by atoms with van der Waals surface area (Å²) in [5, 5.41) is 6.49. The van der Waals surface area contributed by atoms with E-state index in [-0.39, 0.29) is 0 Å². The standard InChI is InChI=1S/C20H33N3O3S/c1-2-21-20(22-10-6-12-25-15-19-9-13-26-16-19)23-11-14-27(24)17-18-7-4-3-5-8-18/h3-5,7-8,19H,2,6,9-17H2,1H3,(H2,21,22,23). The van der Waals surface area contributed by atoms with Crippen LogP contribution in [-0.2, 0) is 26.0 Å². The van der Waals surface area contributed by atoms with E-state index < -0.39 is 10.8 Å². The third-order valence-corrected chi connectivity index (χ3v) is 5.55. The van der Waals surface area contributed by atoms with Gasteiger partial charge in [-0.3, -0.25) is 9.20 Å². The number of hydrogen-bond donors (Lipinski definition) is 2. The summed E-state index contributed by atoms with van der Waals surface area (Å²) < 4.78 is 23.2.